The van der Waals surface area contributed by atoms with Gasteiger partial charge in [0, 0.05) is 78.6 Å². The average molecular weight is 597 g/mol. The largest absolute Gasteiger partial charge is 0.358 e. The standard InChI is InChI=1S/C42H36N4/c1-41(2)37-17-13-33(43-37)29-21-25-9-5-7-11-27(25)23-31(29)35-15-19-39(45-35)42(3,4)40-20-16-36(46-40)32-24-28-12-8-6-10-26(28)22-30(32)34-14-18-38(41)44-34/h5-24,43-46H,1-4H3. The minimum Gasteiger partial charge on any atom is -0.358 e. The number of aromatic amines is 4. The smallest absolute Gasteiger partial charge is 0.0463 e. The molecular weight excluding hydrogens is 560 g/mol. The zero-order valence-electron chi connectivity index (χ0n) is 26.5. The Morgan fingerprint density at radius 3 is 0.804 bits per heavy atom. The second kappa shape index (κ2) is 9.51. The summed E-state index contributed by atoms with van der Waals surface area (Å²) in [4.78, 5) is 15.4. The van der Waals surface area contributed by atoms with Crippen molar-refractivity contribution in [1.29, 1.82) is 0 Å². The molecule has 0 saturated heterocycles. The van der Waals surface area contributed by atoms with Crippen molar-refractivity contribution in [2.45, 2.75) is 38.5 Å². The van der Waals surface area contributed by atoms with E-state index in [-0.39, 0.29) is 10.8 Å². The SMILES string of the molecule is CC1(C)c2ccc([nH]2)-c2cc3ccccc3cc2-c2ccc([nH]2)C(C)(C)c2ccc([nH]2)-c2cc3ccccc3cc2-c2ccc1[nH]2. The Labute approximate surface area is 268 Å². The van der Waals surface area contributed by atoms with Crippen LogP contribution < -0.4 is 0 Å². The molecule has 0 amide bonds. The van der Waals surface area contributed by atoms with Gasteiger partial charge in [-0.15, -0.1) is 0 Å². The van der Waals surface area contributed by atoms with Crippen molar-refractivity contribution >= 4 is 21.5 Å². The Kier molecular flexibility index (Phi) is 5.56. The van der Waals surface area contributed by atoms with E-state index < -0.39 is 0 Å². The summed E-state index contributed by atoms with van der Waals surface area (Å²) in [5, 5.41) is 4.91. The van der Waals surface area contributed by atoms with Gasteiger partial charge in [0.1, 0.15) is 0 Å². The van der Waals surface area contributed by atoms with Crippen LogP contribution in [0.3, 0.4) is 0 Å². The van der Waals surface area contributed by atoms with Crippen molar-refractivity contribution in [3.8, 4) is 45.0 Å². The summed E-state index contributed by atoms with van der Waals surface area (Å²) >= 11 is 0. The van der Waals surface area contributed by atoms with Gasteiger partial charge in [-0.3, -0.25) is 0 Å². The molecule has 0 radical (unpaired) electrons. The second-order valence-electron chi connectivity index (χ2n) is 13.9. The highest BCUT2D eigenvalue weighted by atomic mass is 14.8. The summed E-state index contributed by atoms with van der Waals surface area (Å²) in [5.74, 6) is 0. The topological polar surface area (TPSA) is 63.2 Å². The second-order valence-corrected chi connectivity index (χ2v) is 13.9. The monoisotopic (exact) mass is 596 g/mol. The fourth-order valence-corrected chi connectivity index (χ4v) is 7.33. The quantitative estimate of drug-likeness (QED) is 0.135. The highest BCUT2D eigenvalue weighted by Gasteiger charge is 2.30. The minimum atomic E-state index is -0.279. The molecule has 224 valence electrons. The zero-order chi connectivity index (χ0) is 31.2. The summed E-state index contributed by atoms with van der Waals surface area (Å²) in [6, 6.07) is 44.4. The summed E-state index contributed by atoms with van der Waals surface area (Å²) < 4.78 is 0. The summed E-state index contributed by atoms with van der Waals surface area (Å²) in [6.45, 7) is 9.15. The van der Waals surface area contributed by atoms with Crippen molar-refractivity contribution in [3.05, 3.63) is 144 Å². The number of rotatable bonds is 0. The van der Waals surface area contributed by atoms with Gasteiger partial charge in [-0.05, 0) is 122 Å². The van der Waals surface area contributed by atoms with Crippen molar-refractivity contribution in [3.63, 3.8) is 0 Å². The molecule has 0 unspecified atom stereocenters. The third kappa shape index (κ3) is 3.99. The predicted molar refractivity (Wildman–Crippen MR) is 191 cm³/mol. The minimum absolute atomic E-state index is 0.279. The van der Waals surface area contributed by atoms with Crippen LogP contribution in [0.15, 0.2) is 121 Å². The van der Waals surface area contributed by atoms with Crippen LogP contribution in [0.1, 0.15) is 50.5 Å². The molecule has 1 aliphatic rings. The van der Waals surface area contributed by atoms with E-state index in [2.05, 4.69) is 169 Å². The number of benzene rings is 4. The molecule has 4 heteroatoms. The molecule has 9 rings (SSSR count). The molecule has 8 aromatic rings. The van der Waals surface area contributed by atoms with Gasteiger partial charge < -0.3 is 19.9 Å². The first kappa shape index (κ1) is 26.9. The Hall–Kier alpha value is -5.48. The van der Waals surface area contributed by atoms with E-state index in [0.29, 0.717) is 0 Å². The Morgan fingerprint density at radius 1 is 0.326 bits per heavy atom. The lowest BCUT2D eigenvalue weighted by molar-refractivity contribution is 0.604. The molecule has 0 fully saturated rings. The summed E-state index contributed by atoms with van der Waals surface area (Å²) in [5.41, 5.74) is 13.3. The van der Waals surface area contributed by atoms with Crippen LogP contribution in [0.25, 0.3) is 66.6 Å². The molecule has 4 aromatic heterocycles. The third-order valence-electron chi connectivity index (χ3n) is 10.4. The van der Waals surface area contributed by atoms with E-state index >= 15 is 0 Å². The lowest BCUT2D eigenvalue weighted by Gasteiger charge is -2.23. The maximum absolute atomic E-state index is 3.85. The van der Waals surface area contributed by atoms with Crippen LogP contribution in [0.5, 0.6) is 0 Å². The van der Waals surface area contributed by atoms with Gasteiger partial charge in [0.25, 0.3) is 0 Å². The van der Waals surface area contributed by atoms with E-state index in [1.54, 1.807) is 0 Å². The number of aromatic nitrogens is 4. The van der Waals surface area contributed by atoms with E-state index in [4.69, 9.17) is 0 Å². The van der Waals surface area contributed by atoms with Gasteiger partial charge >= 0.3 is 0 Å². The molecule has 4 nitrogen and oxygen atoms in total. The third-order valence-corrected chi connectivity index (χ3v) is 10.4. The Morgan fingerprint density at radius 2 is 0.565 bits per heavy atom. The maximum Gasteiger partial charge on any atom is 0.0463 e. The fourth-order valence-electron chi connectivity index (χ4n) is 7.33. The van der Waals surface area contributed by atoms with Crippen molar-refractivity contribution in [2.75, 3.05) is 0 Å². The molecule has 0 saturated carbocycles. The van der Waals surface area contributed by atoms with Gasteiger partial charge in [0.2, 0.25) is 0 Å². The summed E-state index contributed by atoms with van der Waals surface area (Å²) in [6.07, 6.45) is 0. The average Bonchev–Trinajstić information content (AvgIpc) is 3.90. The van der Waals surface area contributed by atoms with E-state index in [9.17, 15) is 0 Å². The Bertz CT molecular complexity index is 2100. The molecule has 5 heterocycles. The zero-order valence-corrected chi connectivity index (χ0v) is 26.5. The molecular formula is C42H36N4. The van der Waals surface area contributed by atoms with Gasteiger partial charge in [-0.1, -0.05) is 48.5 Å². The lowest BCUT2D eigenvalue weighted by Crippen LogP contribution is -2.20. The number of nitrogens with one attached hydrogen (secondary N) is 4. The van der Waals surface area contributed by atoms with Crippen LogP contribution in [0, 0.1) is 0 Å². The molecule has 46 heavy (non-hydrogen) atoms. The van der Waals surface area contributed by atoms with Crippen LogP contribution in [-0.2, 0) is 10.8 Å². The van der Waals surface area contributed by atoms with Gasteiger partial charge in [0.05, 0.1) is 0 Å². The maximum atomic E-state index is 3.85. The van der Waals surface area contributed by atoms with Crippen molar-refractivity contribution in [2.24, 2.45) is 0 Å². The van der Waals surface area contributed by atoms with Gasteiger partial charge in [-0.2, -0.15) is 0 Å². The van der Waals surface area contributed by atoms with E-state index in [1.165, 1.54) is 43.8 Å². The number of H-pyrrole nitrogens is 4. The van der Waals surface area contributed by atoms with Crippen LogP contribution >= 0.6 is 0 Å². The number of hydrogen-bond acceptors (Lipinski definition) is 0. The molecule has 4 aromatic carbocycles. The van der Waals surface area contributed by atoms with Crippen molar-refractivity contribution < 1.29 is 0 Å². The number of fused-ring (bicyclic) bond motifs is 16. The van der Waals surface area contributed by atoms with E-state index in [0.717, 1.165) is 45.6 Å². The van der Waals surface area contributed by atoms with E-state index in [1.807, 2.05) is 0 Å². The van der Waals surface area contributed by atoms with Crippen molar-refractivity contribution in [1.82, 2.24) is 19.9 Å². The highest BCUT2D eigenvalue weighted by Crippen LogP contribution is 2.42. The number of hydrogen-bond donors (Lipinski definition) is 4. The lowest BCUT2D eigenvalue weighted by atomic mass is 9.86. The van der Waals surface area contributed by atoms with Crippen LogP contribution in [0.4, 0.5) is 0 Å². The van der Waals surface area contributed by atoms with Gasteiger partial charge in [0.15, 0.2) is 0 Å². The first-order chi connectivity index (χ1) is 22.3. The molecule has 0 spiro atoms. The molecule has 0 aliphatic carbocycles. The fraction of sp³-hybridized carbons (Fsp3) is 0.143. The van der Waals surface area contributed by atoms with Crippen LogP contribution in [0.2, 0.25) is 0 Å². The first-order valence-corrected chi connectivity index (χ1v) is 16.1. The molecule has 4 N–H and O–H groups in total. The molecule has 1 aliphatic heterocycles. The Balaban J connectivity index is 1.32. The first-order valence-electron chi connectivity index (χ1n) is 16.1. The van der Waals surface area contributed by atoms with Gasteiger partial charge in [-0.25, -0.2) is 0 Å². The normalized spacial score (nSPS) is 14.9. The molecule has 0 atom stereocenters. The highest BCUT2D eigenvalue weighted by molar-refractivity contribution is 5.96. The predicted octanol–water partition coefficient (Wildman–Crippen LogP) is 10.9. The molecule has 8 bridgehead atoms. The van der Waals surface area contributed by atoms with Crippen LogP contribution in [-0.4, -0.2) is 19.9 Å². The summed E-state index contributed by atoms with van der Waals surface area (Å²) in [7, 11) is 0.